The number of hydrogen-bond acceptors (Lipinski definition) is 1. The Morgan fingerprint density at radius 1 is 1.41 bits per heavy atom. The van der Waals surface area contributed by atoms with Gasteiger partial charge in [0.05, 0.1) is 0 Å². The zero-order valence-corrected chi connectivity index (χ0v) is 12.1. The summed E-state index contributed by atoms with van der Waals surface area (Å²) in [6, 6.07) is 0.784. The molecular weight excluding hydrogens is 206 g/mol. The molecule has 1 nitrogen and oxygen atoms in total. The molecule has 0 aromatic carbocycles. The van der Waals surface area contributed by atoms with Crippen LogP contribution in [0.15, 0.2) is 11.6 Å². The van der Waals surface area contributed by atoms with Crippen molar-refractivity contribution in [1.82, 2.24) is 5.32 Å². The van der Waals surface area contributed by atoms with Gasteiger partial charge in [0.15, 0.2) is 0 Å². The maximum atomic E-state index is 3.82. The first kappa shape index (κ1) is 13.1. The molecule has 17 heavy (non-hydrogen) atoms. The van der Waals surface area contributed by atoms with E-state index < -0.39 is 0 Å². The van der Waals surface area contributed by atoms with Crippen LogP contribution in [-0.4, -0.2) is 12.6 Å². The summed E-state index contributed by atoms with van der Waals surface area (Å²) < 4.78 is 0. The third kappa shape index (κ3) is 3.84. The number of hydrogen-bond donors (Lipinski definition) is 1. The monoisotopic (exact) mass is 235 g/mol. The summed E-state index contributed by atoms with van der Waals surface area (Å²) in [7, 11) is 0. The van der Waals surface area contributed by atoms with E-state index in [1.807, 2.05) is 0 Å². The van der Waals surface area contributed by atoms with Crippen molar-refractivity contribution < 1.29 is 0 Å². The van der Waals surface area contributed by atoms with Gasteiger partial charge in [-0.25, -0.2) is 0 Å². The van der Waals surface area contributed by atoms with Crippen molar-refractivity contribution in [3.8, 4) is 0 Å². The largest absolute Gasteiger partial charge is 0.314 e. The fourth-order valence-electron chi connectivity index (χ4n) is 3.79. The fraction of sp³-hybridized carbons (Fsp3) is 0.875. The molecule has 2 rings (SSSR count). The molecular formula is C16H29N. The maximum Gasteiger partial charge on any atom is 0.00724 e. The van der Waals surface area contributed by atoms with Crippen LogP contribution >= 0.6 is 0 Å². The molecule has 1 saturated carbocycles. The van der Waals surface area contributed by atoms with Gasteiger partial charge in [0.25, 0.3) is 0 Å². The highest BCUT2D eigenvalue weighted by atomic mass is 14.9. The van der Waals surface area contributed by atoms with Crippen molar-refractivity contribution in [3.63, 3.8) is 0 Å². The summed E-state index contributed by atoms with van der Waals surface area (Å²) in [5.41, 5.74) is 2.18. The second-order valence-electron chi connectivity index (χ2n) is 7.31. The number of rotatable bonds is 3. The standard InChI is InChI=1S/C16H29N/c1-12-7-13(2)9-14(8-12)11-17-15-5-6-16(3,4)10-15/h7,12,14-15,17H,5-6,8-11H2,1-4H3. The van der Waals surface area contributed by atoms with E-state index >= 15 is 0 Å². The lowest BCUT2D eigenvalue weighted by Gasteiger charge is -2.27. The SMILES string of the molecule is CC1=CC(C)CC(CNC2CCC(C)(C)C2)C1. The molecule has 0 heterocycles. The smallest absolute Gasteiger partial charge is 0.00724 e. The van der Waals surface area contributed by atoms with Gasteiger partial charge in [-0.3, -0.25) is 0 Å². The first-order chi connectivity index (χ1) is 7.94. The average molecular weight is 235 g/mol. The van der Waals surface area contributed by atoms with Crippen LogP contribution in [0.3, 0.4) is 0 Å². The first-order valence-corrected chi connectivity index (χ1v) is 7.35. The number of allylic oxidation sites excluding steroid dienone is 2. The molecule has 0 spiro atoms. The van der Waals surface area contributed by atoms with Crippen molar-refractivity contribution in [2.24, 2.45) is 17.3 Å². The van der Waals surface area contributed by atoms with Crippen LogP contribution in [0.1, 0.15) is 59.8 Å². The summed E-state index contributed by atoms with van der Waals surface area (Å²) in [5, 5.41) is 3.82. The maximum absolute atomic E-state index is 3.82. The van der Waals surface area contributed by atoms with Crippen molar-refractivity contribution in [1.29, 1.82) is 0 Å². The Kier molecular flexibility index (Phi) is 3.97. The molecule has 0 amide bonds. The van der Waals surface area contributed by atoms with Gasteiger partial charge in [-0.15, -0.1) is 0 Å². The van der Waals surface area contributed by atoms with E-state index in [0.29, 0.717) is 5.41 Å². The van der Waals surface area contributed by atoms with Gasteiger partial charge in [0.1, 0.15) is 0 Å². The van der Waals surface area contributed by atoms with E-state index in [1.54, 1.807) is 5.57 Å². The van der Waals surface area contributed by atoms with Crippen LogP contribution in [0.5, 0.6) is 0 Å². The van der Waals surface area contributed by atoms with Crippen molar-refractivity contribution in [2.45, 2.75) is 65.8 Å². The van der Waals surface area contributed by atoms with Crippen LogP contribution in [0.2, 0.25) is 0 Å². The van der Waals surface area contributed by atoms with E-state index in [4.69, 9.17) is 0 Å². The second kappa shape index (κ2) is 5.14. The summed E-state index contributed by atoms with van der Waals surface area (Å²) >= 11 is 0. The Morgan fingerprint density at radius 2 is 2.18 bits per heavy atom. The predicted molar refractivity (Wildman–Crippen MR) is 75.1 cm³/mol. The van der Waals surface area contributed by atoms with E-state index in [9.17, 15) is 0 Å². The molecule has 1 N–H and O–H groups in total. The Balaban J connectivity index is 1.74. The van der Waals surface area contributed by atoms with Gasteiger partial charge in [-0.05, 0) is 62.8 Å². The Labute approximate surface area is 107 Å². The summed E-state index contributed by atoms with van der Waals surface area (Å²) in [4.78, 5) is 0. The molecule has 3 atom stereocenters. The Hall–Kier alpha value is -0.300. The first-order valence-electron chi connectivity index (χ1n) is 7.35. The summed E-state index contributed by atoms with van der Waals surface area (Å²) in [6.07, 6.45) is 9.28. The third-order valence-electron chi connectivity index (χ3n) is 4.55. The predicted octanol–water partition coefficient (Wildman–Crippen LogP) is 4.15. The normalized spacial score (nSPS) is 36.9. The van der Waals surface area contributed by atoms with E-state index in [0.717, 1.165) is 17.9 Å². The third-order valence-corrected chi connectivity index (χ3v) is 4.55. The lowest BCUT2D eigenvalue weighted by atomic mass is 9.83. The highest BCUT2D eigenvalue weighted by Gasteiger charge is 2.31. The van der Waals surface area contributed by atoms with Gasteiger partial charge >= 0.3 is 0 Å². The van der Waals surface area contributed by atoms with Gasteiger partial charge in [0.2, 0.25) is 0 Å². The van der Waals surface area contributed by atoms with Crippen LogP contribution in [0.4, 0.5) is 0 Å². The van der Waals surface area contributed by atoms with Gasteiger partial charge in [-0.2, -0.15) is 0 Å². The molecule has 0 saturated heterocycles. The second-order valence-corrected chi connectivity index (χ2v) is 7.31. The lowest BCUT2D eigenvalue weighted by molar-refractivity contribution is 0.336. The molecule has 0 aromatic rings. The Bertz CT molecular complexity index is 290. The minimum absolute atomic E-state index is 0.577. The molecule has 0 radical (unpaired) electrons. The lowest BCUT2D eigenvalue weighted by Crippen LogP contribution is -2.33. The quantitative estimate of drug-likeness (QED) is 0.725. The minimum atomic E-state index is 0.577. The Morgan fingerprint density at radius 3 is 2.76 bits per heavy atom. The van der Waals surface area contributed by atoms with Crippen LogP contribution in [0.25, 0.3) is 0 Å². The molecule has 98 valence electrons. The molecule has 3 unspecified atom stereocenters. The highest BCUT2D eigenvalue weighted by Crippen LogP contribution is 2.37. The van der Waals surface area contributed by atoms with Crippen LogP contribution in [0, 0.1) is 17.3 Å². The van der Waals surface area contributed by atoms with Gasteiger partial charge < -0.3 is 5.32 Å². The molecule has 1 heteroatoms. The molecule has 2 aliphatic carbocycles. The van der Waals surface area contributed by atoms with E-state index in [-0.39, 0.29) is 0 Å². The topological polar surface area (TPSA) is 12.0 Å². The fourth-order valence-corrected chi connectivity index (χ4v) is 3.79. The average Bonchev–Trinajstić information content (AvgIpc) is 2.54. The number of nitrogens with one attached hydrogen (secondary N) is 1. The molecule has 0 aromatic heterocycles. The highest BCUT2D eigenvalue weighted by molar-refractivity contribution is 5.06. The molecule has 1 fully saturated rings. The molecule has 0 bridgehead atoms. The van der Waals surface area contributed by atoms with Crippen LogP contribution < -0.4 is 5.32 Å². The van der Waals surface area contributed by atoms with E-state index in [2.05, 4.69) is 39.1 Å². The molecule has 2 aliphatic rings. The molecule has 0 aliphatic heterocycles. The van der Waals surface area contributed by atoms with Gasteiger partial charge in [0, 0.05) is 6.04 Å². The van der Waals surface area contributed by atoms with Gasteiger partial charge in [-0.1, -0.05) is 32.4 Å². The summed E-state index contributed by atoms with van der Waals surface area (Å²) in [5.74, 6) is 1.66. The van der Waals surface area contributed by atoms with Crippen molar-refractivity contribution >= 4 is 0 Å². The van der Waals surface area contributed by atoms with Crippen LogP contribution in [-0.2, 0) is 0 Å². The summed E-state index contributed by atoms with van der Waals surface area (Å²) in [6.45, 7) is 10.7. The minimum Gasteiger partial charge on any atom is -0.314 e. The zero-order chi connectivity index (χ0) is 12.5. The van der Waals surface area contributed by atoms with Crippen molar-refractivity contribution in [3.05, 3.63) is 11.6 Å². The zero-order valence-electron chi connectivity index (χ0n) is 12.1. The van der Waals surface area contributed by atoms with Crippen molar-refractivity contribution in [2.75, 3.05) is 6.54 Å². The van der Waals surface area contributed by atoms with E-state index in [1.165, 1.54) is 38.6 Å².